The summed E-state index contributed by atoms with van der Waals surface area (Å²) in [6, 6.07) is 26.2. The first-order valence-electron chi connectivity index (χ1n) is 9.83. The Morgan fingerprint density at radius 3 is 1.47 bits per heavy atom. The third-order valence-electron chi connectivity index (χ3n) is 4.45. The molecule has 32 heavy (non-hydrogen) atoms. The molecule has 0 aliphatic heterocycles. The van der Waals surface area contributed by atoms with E-state index in [0.717, 1.165) is 11.1 Å². The van der Waals surface area contributed by atoms with Gasteiger partial charge in [-0.25, -0.2) is 0 Å². The van der Waals surface area contributed by atoms with E-state index in [9.17, 15) is 9.59 Å². The number of benzene rings is 3. The lowest BCUT2D eigenvalue weighted by Crippen LogP contribution is -2.37. The van der Waals surface area contributed by atoms with Crippen LogP contribution in [-0.4, -0.2) is 22.0 Å². The van der Waals surface area contributed by atoms with E-state index >= 15 is 0 Å². The zero-order valence-corrected chi connectivity index (χ0v) is 18.9. The van der Waals surface area contributed by atoms with Crippen molar-refractivity contribution in [1.82, 2.24) is 10.6 Å². The zero-order chi connectivity index (χ0) is 22.9. The molecule has 4 N–H and O–H groups in total. The maximum Gasteiger partial charge on any atom is 0.238 e. The second-order valence-corrected chi connectivity index (χ2v) is 7.73. The first-order valence-corrected chi connectivity index (χ1v) is 10.6. The van der Waals surface area contributed by atoms with Gasteiger partial charge in [0.25, 0.3) is 0 Å². The molecular formula is C24H22N4O2S2. The Balaban J connectivity index is 1.65. The van der Waals surface area contributed by atoms with Crippen molar-refractivity contribution < 1.29 is 9.59 Å². The van der Waals surface area contributed by atoms with Gasteiger partial charge in [-0.2, -0.15) is 0 Å². The van der Waals surface area contributed by atoms with Gasteiger partial charge >= 0.3 is 0 Å². The normalized spacial score (nSPS) is 10.2. The number of hydrogen-bond donors (Lipinski definition) is 4. The highest BCUT2D eigenvalue weighted by molar-refractivity contribution is 7.80. The Hall–Kier alpha value is -3.62. The lowest BCUT2D eigenvalue weighted by Gasteiger charge is -2.19. The summed E-state index contributed by atoms with van der Waals surface area (Å²) in [5.41, 5.74) is 3.16. The number of amides is 2. The van der Waals surface area contributed by atoms with Gasteiger partial charge < -0.3 is 21.3 Å². The van der Waals surface area contributed by atoms with Gasteiger partial charge in [0.05, 0.1) is 5.92 Å². The van der Waals surface area contributed by atoms with Gasteiger partial charge in [-0.1, -0.05) is 60.7 Å². The summed E-state index contributed by atoms with van der Waals surface area (Å²) >= 11 is 10.4. The minimum atomic E-state index is -0.487. The van der Waals surface area contributed by atoms with Crippen LogP contribution in [0.4, 0.5) is 11.4 Å². The van der Waals surface area contributed by atoms with E-state index in [2.05, 4.69) is 21.3 Å². The molecule has 162 valence electrons. The van der Waals surface area contributed by atoms with Gasteiger partial charge in [0.15, 0.2) is 10.2 Å². The Kier molecular flexibility index (Phi) is 8.02. The fraction of sp³-hybridized carbons (Fsp3) is 0.0833. The van der Waals surface area contributed by atoms with Gasteiger partial charge in [0.1, 0.15) is 0 Å². The van der Waals surface area contributed by atoms with Crippen LogP contribution in [-0.2, 0) is 9.59 Å². The van der Waals surface area contributed by atoms with Crippen molar-refractivity contribution >= 4 is 57.8 Å². The molecule has 0 fully saturated rings. The lowest BCUT2D eigenvalue weighted by atomic mass is 9.90. The standard InChI is InChI=1S/C24H22N4O2S2/c1-16(29)25-23(31)26-19-12-14-20(15-13-19)27-24(32)28-22(30)21(17-8-4-2-5-9-17)18-10-6-3-7-11-18/h2-15,21H,1H3,(H2,25,26,29,31)(H2,27,28,30,32). The summed E-state index contributed by atoms with van der Waals surface area (Å²) in [6.07, 6.45) is 0. The predicted octanol–water partition coefficient (Wildman–Crippen LogP) is 4.16. The quantitative estimate of drug-likeness (QED) is 0.426. The Labute approximate surface area is 197 Å². The number of rotatable bonds is 5. The molecule has 0 heterocycles. The van der Waals surface area contributed by atoms with Gasteiger partial charge in [-0.15, -0.1) is 0 Å². The monoisotopic (exact) mass is 462 g/mol. The van der Waals surface area contributed by atoms with Crippen LogP contribution in [0.3, 0.4) is 0 Å². The highest BCUT2D eigenvalue weighted by Crippen LogP contribution is 2.24. The van der Waals surface area contributed by atoms with Crippen LogP contribution in [0, 0.1) is 0 Å². The van der Waals surface area contributed by atoms with Gasteiger partial charge in [-0.05, 0) is 59.8 Å². The molecule has 0 aliphatic carbocycles. The minimum Gasteiger partial charge on any atom is -0.332 e. The van der Waals surface area contributed by atoms with Crippen molar-refractivity contribution in [3.05, 3.63) is 96.1 Å². The molecule has 3 aromatic rings. The summed E-state index contributed by atoms with van der Waals surface area (Å²) in [5.74, 6) is -0.955. The molecule has 0 bridgehead atoms. The van der Waals surface area contributed by atoms with Crippen molar-refractivity contribution in [3.8, 4) is 0 Å². The minimum absolute atomic E-state index is 0.196. The highest BCUT2D eigenvalue weighted by Gasteiger charge is 2.23. The summed E-state index contributed by atoms with van der Waals surface area (Å²) in [4.78, 5) is 24.2. The van der Waals surface area contributed by atoms with E-state index in [1.165, 1.54) is 6.92 Å². The van der Waals surface area contributed by atoms with Crippen LogP contribution < -0.4 is 21.3 Å². The largest absolute Gasteiger partial charge is 0.332 e. The van der Waals surface area contributed by atoms with Gasteiger partial charge in [0.2, 0.25) is 11.8 Å². The molecule has 2 amide bonds. The van der Waals surface area contributed by atoms with E-state index in [-0.39, 0.29) is 22.0 Å². The topological polar surface area (TPSA) is 82.3 Å². The van der Waals surface area contributed by atoms with Crippen molar-refractivity contribution in [2.24, 2.45) is 0 Å². The fourth-order valence-corrected chi connectivity index (χ4v) is 3.57. The molecule has 0 saturated carbocycles. The fourth-order valence-electron chi connectivity index (χ4n) is 3.09. The number of carbonyl (C=O) groups is 2. The van der Waals surface area contributed by atoms with Crippen LogP contribution in [0.2, 0.25) is 0 Å². The predicted molar refractivity (Wildman–Crippen MR) is 136 cm³/mol. The Bertz CT molecular complexity index is 1060. The van der Waals surface area contributed by atoms with E-state index < -0.39 is 5.92 Å². The molecule has 6 nitrogen and oxygen atoms in total. The maximum atomic E-state index is 13.1. The molecule has 8 heteroatoms. The molecule has 0 saturated heterocycles. The van der Waals surface area contributed by atoms with E-state index in [1.807, 2.05) is 60.7 Å². The first kappa shape index (κ1) is 23.1. The number of nitrogens with one attached hydrogen (secondary N) is 4. The number of hydrogen-bond acceptors (Lipinski definition) is 4. The van der Waals surface area contributed by atoms with E-state index in [0.29, 0.717) is 11.4 Å². The number of thiocarbonyl (C=S) groups is 2. The lowest BCUT2D eigenvalue weighted by molar-refractivity contribution is -0.120. The molecule has 0 aromatic heterocycles. The van der Waals surface area contributed by atoms with Gasteiger partial charge in [-0.3, -0.25) is 9.59 Å². The summed E-state index contributed by atoms with van der Waals surface area (Å²) in [5, 5.41) is 11.6. The zero-order valence-electron chi connectivity index (χ0n) is 17.3. The second kappa shape index (κ2) is 11.1. The second-order valence-electron chi connectivity index (χ2n) is 6.91. The average molecular weight is 463 g/mol. The molecule has 0 spiro atoms. The first-order chi connectivity index (χ1) is 15.4. The molecule has 0 radical (unpaired) electrons. The van der Waals surface area contributed by atoms with Crippen LogP contribution in [0.1, 0.15) is 24.0 Å². The number of carbonyl (C=O) groups excluding carboxylic acids is 2. The average Bonchev–Trinajstić information content (AvgIpc) is 2.76. The van der Waals surface area contributed by atoms with Crippen molar-refractivity contribution in [2.75, 3.05) is 10.6 Å². The van der Waals surface area contributed by atoms with Crippen LogP contribution in [0.25, 0.3) is 0 Å². The third kappa shape index (κ3) is 6.69. The summed E-state index contributed by atoms with van der Waals surface area (Å²) in [7, 11) is 0. The van der Waals surface area contributed by atoms with Crippen LogP contribution >= 0.6 is 24.4 Å². The van der Waals surface area contributed by atoms with Crippen LogP contribution in [0.5, 0.6) is 0 Å². The van der Waals surface area contributed by atoms with Crippen molar-refractivity contribution in [1.29, 1.82) is 0 Å². The Morgan fingerprint density at radius 1 is 0.656 bits per heavy atom. The summed E-state index contributed by atoms with van der Waals surface area (Å²) < 4.78 is 0. The van der Waals surface area contributed by atoms with Crippen molar-refractivity contribution in [3.63, 3.8) is 0 Å². The molecule has 3 rings (SSSR count). The van der Waals surface area contributed by atoms with Crippen LogP contribution in [0.15, 0.2) is 84.9 Å². The molecule has 0 atom stereocenters. The summed E-state index contributed by atoms with van der Waals surface area (Å²) in [6.45, 7) is 1.39. The Morgan fingerprint density at radius 2 is 1.06 bits per heavy atom. The van der Waals surface area contributed by atoms with E-state index in [1.54, 1.807) is 24.3 Å². The third-order valence-corrected chi connectivity index (χ3v) is 4.86. The van der Waals surface area contributed by atoms with E-state index in [4.69, 9.17) is 24.4 Å². The highest BCUT2D eigenvalue weighted by atomic mass is 32.1. The number of anilines is 2. The smallest absolute Gasteiger partial charge is 0.238 e. The molecular weight excluding hydrogens is 440 g/mol. The molecule has 3 aromatic carbocycles. The maximum absolute atomic E-state index is 13.1. The molecule has 0 aliphatic rings. The molecule has 0 unspecified atom stereocenters. The van der Waals surface area contributed by atoms with Gasteiger partial charge in [0, 0.05) is 18.3 Å². The van der Waals surface area contributed by atoms with Crippen molar-refractivity contribution in [2.45, 2.75) is 12.8 Å². The SMILES string of the molecule is CC(=O)NC(=S)Nc1ccc(NC(=S)NC(=O)C(c2ccccc2)c2ccccc2)cc1.